The molecule has 29 heavy (non-hydrogen) atoms. The molecule has 0 atom stereocenters. The van der Waals surface area contributed by atoms with Gasteiger partial charge in [-0.3, -0.25) is 10.1 Å². The van der Waals surface area contributed by atoms with Crippen LogP contribution in [0.15, 0.2) is 72.8 Å². The quantitative estimate of drug-likeness (QED) is 0.341. The van der Waals surface area contributed by atoms with Gasteiger partial charge in [0, 0.05) is 39.3 Å². The monoisotopic (exact) mass is 374 g/mol. The molecule has 2 aliphatic carbocycles. The summed E-state index contributed by atoms with van der Waals surface area (Å²) in [6.45, 7) is 0. The standard InChI is InChI=1S/C25H14N2O2/c28-27(29)18-11-9-15(10-12-18)23-21-13-16-5-1-3-7-19(16)24(21)26-25-20-8-4-2-6-17(20)14-22(23)25/h1-14H. The van der Waals surface area contributed by atoms with Gasteiger partial charge in [-0.05, 0) is 40.6 Å². The van der Waals surface area contributed by atoms with E-state index in [2.05, 4.69) is 36.4 Å². The molecule has 0 fully saturated rings. The third kappa shape index (κ3) is 2.23. The maximum atomic E-state index is 11.1. The summed E-state index contributed by atoms with van der Waals surface area (Å²) in [4.78, 5) is 15.8. The van der Waals surface area contributed by atoms with Crippen LogP contribution in [0.1, 0.15) is 11.1 Å². The molecule has 0 spiro atoms. The summed E-state index contributed by atoms with van der Waals surface area (Å²) in [5.41, 5.74) is 6.44. The Hall–Kier alpha value is -4.05. The first-order valence-electron chi connectivity index (χ1n) is 9.42. The van der Waals surface area contributed by atoms with E-state index in [-0.39, 0.29) is 10.6 Å². The van der Waals surface area contributed by atoms with Crippen molar-refractivity contribution in [1.29, 1.82) is 0 Å². The number of hydrogen-bond donors (Lipinski definition) is 0. The van der Waals surface area contributed by atoms with Gasteiger partial charge < -0.3 is 0 Å². The Balaban J connectivity index is 1.77. The molecule has 2 aliphatic rings. The minimum atomic E-state index is -0.366. The third-order valence-electron chi connectivity index (χ3n) is 5.67. The smallest absolute Gasteiger partial charge is 0.258 e. The van der Waals surface area contributed by atoms with E-state index in [1.165, 1.54) is 0 Å². The summed E-state index contributed by atoms with van der Waals surface area (Å²) in [7, 11) is 0. The van der Waals surface area contributed by atoms with E-state index in [1.54, 1.807) is 12.1 Å². The number of fused-ring (bicyclic) bond motifs is 5. The average molecular weight is 374 g/mol. The molecule has 0 saturated carbocycles. The summed E-state index contributed by atoms with van der Waals surface area (Å²) in [5, 5.41) is 15.4. The second-order valence-corrected chi connectivity index (χ2v) is 7.28. The molecule has 136 valence electrons. The molecule has 4 heteroatoms. The molecule has 0 radical (unpaired) electrons. The highest BCUT2D eigenvalue weighted by Gasteiger charge is 2.21. The summed E-state index contributed by atoms with van der Waals surface area (Å²) < 4.78 is 0. The first kappa shape index (κ1) is 16.0. The first-order chi connectivity index (χ1) is 14.2. The van der Waals surface area contributed by atoms with Gasteiger partial charge in [-0.25, -0.2) is 4.98 Å². The van der Waals surface area contributed by atoms with Crippen LogP contribution in [0.2, 0.25) is 0 Å². The van der Waals surface area contributed by atoms with Crippen LogP contribution in [0, 0.1) is 20.7 Å². The van der Waals surface area contributed by atoms with Crippen molar-refractivity contribution in [2.75, 3.05) is 0 Å². The predicted octanol–water partition coefficient (Wildman–Crippen LogP) is 3.90. The summed E-state index contributed by atoms with van der Waals surface area (Å²) in [6.07, 6.45) is 4.34. The summed E-state index contributed by atoms with van der Waals surface area (Å²) in [5.74, 6) is 0. The molecule has 0 N–H and O–H groups in total. The van der Waals surface area contributed by atoms with Crippen molar-refractivity contribution in [3.8, 4) is 22.4 Å². The topological polar surface area (TPSA) is 56.0 Å². The largest absolute Gasteiger partial charge is 0.269 e. The number of pyridine rings is 1. The second-order valence-electron chi connectivity index (χ2n) is 7.28. The van der Waals surface area contributed by atoms with Crippen LogP contribution in [0.25, 0.3) is 34.5 Å². The van der Waals surface area contributed by atoms with Gasteiger partial charge in [0.05, 0.1) is 16.0 Å². The number of nitro benzene ring substituents is 1. The molecule has 4 aromatic rings. The van der Waals surface area contributed by atoms with Crippen molar-refractivity contribution in [1.82, 2.24) is 4.98 Å². The molecule has 0 amide bonds. The SMILES string of the molecule is O=[N+]([O-])c1ccc(-c2c3c(nc4c2=Cc2ccccc2-4)=c2ccccc2=C3)cc1. The number of non-ortho nitro benzene ring substituents is 1. The van der Waals surface area contributed by atoms with Crippen LogP contribution in [-0.4, -0.2) is 9.91 Å². The number of aromatic nitrogens is 1. The van der Waals surface area contributed by atoms with Gasteiger partial charge >= 0.3 is 0 Å². The Kier molecular flexibility index (Phi) is 3.15. The lowest BCUT2D eigenvalue weighted by molar-refractivity contribution is -0.384. The average Bonchev–Trinajstić information content (AvgIpc) is 3.30. The van der Waals surface area contributed by atoms with E-state index in [0.717, 1.165) is 54.5 Å². The fraction of sp³-hybridized carbons (Fsp3) is 0. The zero-order chi connectivity index (χ0) is 19.5. The van der Waals surface area contributed by atoms with Crippen LogP contribution < -0.4 is 10.4 Å². The lowest BCUT2D eigenvalue weighted by Gasteiger charge is -2.09. The van der Waals surface area contributed by atoms with Gasteiger partial charge in [-0.2, -0.15) is 0 Å². The van der Waals surface area contributed by atoms with Crippen molar-refractivity contribution in [3.05, 3.63) is 115 Å². The number of rotatable bonds is 2. The van der Waals surface area contributed by atoms with Crippen molar-refractivity contribution in [2.24, 2.45) is 0 Å². The van der Waals surface area contributed by atoms with Crippen LogP contribution in [-0.2, 0) is 0 Å². The van der Waals surface area contributed by atoms with E-state index < -0.39 is 0 Å². The number of nitro groups is 1. The molecule has 0 unspecified atom stereocenters. The van der Waals surface area contributed by atoms with Gasteiger partial charge in [-0.1, -0.05) is 48.5 Å². The molecule has 6 rings (SSSR count). The third-order valence-corrected chi connectivity index (χ3v) is 5.67. The first-order valence-corrected chi connectivity index (χ1v) is 9.42. The maximum Gasteiger partial charge on any atom is 0.269 e. The molecular weight excluding hydrogens is 360 g/mol. The molecule has 1 heterocycles. The minimum absolute atomic E-state index is 0.0932. The Morgan fingerprint density at radius 3 is 2.41 bits per heavy atom. The van der Waals surface area contributed by atoms with E-state index in [4.69, 9.17) is 4.98 Å². The van der Waals surface area contributed by atoms with Crippen molar-refractivity contribution < 1.29 is 4.92 Å². The van der Waals surface area contributed by atoms with Gasteiger partial charge in [0.2, 0.25) is 0 Å². The predicted molar refractivity (Wildman–Crippen MR) is 112 cm³/mol. The minimum Gasteiger partial charge on any atom is -0.258 e. The summed E-state index contributed by atoms with van der Waals surface area (Å²) >= 11 is 0. The van der Waals surface area contributed by atoms with Crippen molar-refractivity contribution in [2.45, 2.75) is 0 Å². The van der Waals surface area contributed by atoms with E-state index in [1.807, 2.05) is 36.4 Å². The molecule has 0 saturated heterocycles. The van der Waals surface area contributed by atoms with Gasteiger partial charge in [0.15, 0.2) is 0 Å². The van der Waals surface area contributed by atoms with Gasteiger partial charge in [-0.15, -0.1) is 0 Å². The molecule has 1 aromatic heterocycles. The zero-order valence-electron chi connectivity index (χ0n) is 15.3. The van der Waals surface area contributed by atoms with E-state index in [9.17, 15) is 10.1 Å². The Bertz CT molecular complexity index is 1570. The van der Waals surface area contributed by atoms with Crippen molar-refractivity contribution in [3.63, 3.8) is 0 Å². The van der Waals surface area contributed by atoms with Crippen molar-refractivity contribution >= 4 is 17.8 Å². The Labute approximate surface area is 165 Å². The van der Waals surface area contributed by atoms with E-state index >= 15 is 0 Å². The number of hydrogen-bond acceptors (Lipinski definition) is 3. The molecule has 0 aliphatic heterocycles. The lowest BCUT2D eigenvalue weighted by Crippen LogP contribution is -2.11. The van der Waals surface area contributed by atoms with Crippen LogP contribution in [0.3, 0.4) is 0 Å². The number of nitrogens with zero attached hydrogens (tertiary/aromatic N) is 2. The Morgan fingerprint density at radius 1 is 0.828 bits per heavy atom. The van der Waals surface area contributed by atoms with Crippen LogP contribution >= 0.6 is 0 Å². The second kappa shape index (κ2) is 5.72. The Morgan fingerprint density at radius 2 is 1.59 bits per heavy atom. The highest BCUT2D eigenvalue weighted by atomic mass is 16.6. The summed E-state index contributed by atoms with van der Waals surface area (Å²) in [6, 6.07) is 23.3. The zero-order valence-corrected chi connectivity index (χ0v) is 15.3. The fourth-order valence-corrected chi connectivity index (χ4v) is 4.35. The molecule has 4 nitrogen and oxygen atoms in total. The van der Waals surface area contributed by atoms with Crippen LogP contribution in [0.5, 0.6) is 0 Å². The normalized spacial score (nSPS) is 12.3. The molecule has 0 bridgehead atoms. The molecule has 3 aromatic carbocycles. The highest BCUT2D eigenvalue weighted by molar-refractivity contribution is 5.89. The highest BCUT2D eigenvalue weighted by Crippen LogP contribution is 2.32. The van der Waals surface area contributed by atoms with Gasteiger partial charge in [0.25, 0.3) is 5.69 Å². The lowest BCUT2D eigenvalue weighted by atomic mass is 9.97. The number of benzene rings is 3. The van der Waals surface area contributed by atoms with Crippen LogP contribution in [0.4, 0.5) is 5.69 Å². The van der Waals surface area contributed by atoms with E-state index in [0.29, 0.717) is 0 Å². The molecular formula is C25H14N2O2. The maximum absolute atomic E-state index is 11.1. The van der Waals surface area contributed by atoms with Gasteiger partial charge in [0.1, 0.15) is 0 Å². The fourth-order valence-electron chi connectivity index (χ4n) is 4.35.